The summed E-state index contributed by atoms with van der Waals surface area (Å²) >= 11 is 0. The first-order chi connectivity index (χ1) is 11.6. The Morgan fingerprint density at radius 3 is 2.75 bits per heavy atom. The van der Waals surface area contributed by atoms with Crippen molar-refractivity contribution < 1.29 is 13.9 Å². The molecule has 1 amide bonds. The Labute approximate surface area is 142 Å². The van der Waals surface area contributed by atoms with Gasteiger partial charge in [0.05, 0.1) is 32.1 Å². The van der Waals surface area contributed by atoms with E-state index >= 15 is 0 Å². The molecular formula is C19H24N2O3. The van der Waals surface area contributed by atoms with Gasteiger partial charge in [0.15, 0.2) is 0 Å². The number of ether oxygens (including phenoxy) is 1. The summed E-state index contributed by atoms with van der Waals surface area (Å²) in [6.45, 7) is 4.35. The maximum absolute atomic E-state index is 12.5. The summed E-state index contributed by atoms with van der Waals surface area (Å²) < 4.78 is 11.3. The van der Waals surface area contributed by atoms with Crippen molar-refractivity contribution >= 4 is 5.91 Å². The van der Waals surface area contributed by atoms with Gasteiger partial charge in [0.2, 0.25) is 5.91 Å². The molecule has 2 heterocycles. The molecule has 0 spiro atoms. The maximum Gasteiger partial charge on any atom is 0.236 e. The summed E-state index contributed by atoms with van der Waals surface area (Å²) in [6.07, 6.45) is 1.65. The van der Waals surface area contributed by atoms with Crippen molar-refractivity contribution in [2.24, 2.45) is 0 Å². The predicted molar refractivity (Wildman–Crippen MR) is 91.4 cm³/mol. The number of likely N-dealkylation sites (N-methyl/N-ethyl adjacent to an activating group) is 1. The van der Waals surface area contributed by atoms with E-state index in [0.717, 1.165) is 17.9 Å². The molecule has 0 radical (unpaired) electrons. The van der Waals surface area contributed by atoms with Gasteiger partial charge in [-0.15, -0.1) is 0 Å². The lowest BCUT2D eigenvalue weighted by Crippen LogP contribution is -2.49. The summed E-state index contributed by atoms with van der Waals surface area (Å²) in [6, 6.07) is 14.1. The molecule has 1 aromatic heterocycles. The normalized spacial score (nSPS) is 21.6. The lowest BCUT2D eigenvalue weighted by atomic mass is 10.1. The molecule has 0 aliphatic carbocycles. The Morgan fingerprint density at radius 1 is 1.25 bits per heavy atom. The number of morpholine rings is 1. The van der Waals surface area contributed by atoms with Crippen LogP contribution in [-0.4, -0.2) is 48.5 Å². The Morgan fingerprint density at radius 2 is 2.04 bits per heavy atom. The van der Waals surface area contributed by atoms with E-state index in [2.05, 4.69) is 24.0 Å². The number of hydrogen-bond donors (Lipinski definition) is 0. The zero-order valence-electron chi connectivity index (χ0n) is 14.2. The molecule has 2 atom stereocenters. The highest BCUT2D eigenvalue weighted by Crippen LogP contribution is 2.24. The van der Waals surface area contributed by atoms with Crippen LogP contribution >= 0.6 is 0 Å². The van der Waals surface area contributed by atoms with Crippen LogP contribution in [0, 0.1) is 0 Å². The van der Waals surface area contributed by atoms with Gasteiger partial charge in [0.25, 0.3) is 0 Å². The minimum absolute atomic E-state index is 0.0191. The monoisotopic (exact) mass is 328 g/mol. The van der Waals surface area contributed by atoms with Crippen LogP contribution in [0.4, 0.5) is 0 Å². The van der Waals surface area contributed by atoms with Gasteiger partial charge in [-0.2, -0.15) is 0 Å². The van der Waals surface area contributed by atoms with E-state index < -0.39 is 0 Å². The molecule has 128 valence electrons. The van der Waals surface area contributed by atoms with E-state index in [1.54, 1.807) is 11.2 Å². The first-order valence-electron chi connectivity index (χ1n) is 8.30. The van der Waals surface area contributed by atoms with E-state index in [-0.39, 0.29) is 18.1 Å². The maximum atomic E-state index is 12.5. The molecule has 1 aliphatic rings. The average molecular weight is 328 g/mol. The van der Waals surface area contributed by atoms with Crippen molar-refractivity contribution in [1.82, 2.24) is 9.80 Å². The number of carbonyl (C=O) groups is 1. The average Bonchev–Trinajstić information content (AvgIpc) is 3.10. The van der Waals surface area contributed by atoms with Crippen molar-refractivity contribution in [3.63, 3.8) is 0 Å². The molecule has 1 aromatic carbocycles. The Kier molecular flexibility index (Phi) is 5.33. The van der Waals surface area contributed by atoms with Gasteiger partial charge in [0.1, 0.15) is 5.76 Å². The van der Waals surface area contributed by atoms with E-state index in [0.29, 0.717) is 19.7 Å². The standard InChI is InChI=1S/C19H24N2O3/c1-15-14-24-18(16-7-4-3-5-8-16)12-21(15)13-19(22)20(2)11-17-9-6-10-23-17/h3-10,15,18H,11-14H2,1-2H3/t15-,18-/m0/s1. The van der Waals surface area contributed by atoms with Crippen LogP contribution in [0.3, 0.4) is 0 Å². The van der Waals surface area contributed by atoms with Crippen LogP contribution < -0.4 is 0 Å². The minimum Gasteiger partial charge on any atom is -0.467 e. The molecular weight excluding hydrogens is 304 g/mol. The van der Waals surface area contributed by atoms with E-state index in [1.807, 2.05) is 37.4 Å². The minimum atomic E-state index is 0.0191. The van der Waals surface area contributed by atoms with Gasteiger partial charge in [-0.3, -0.25) is 9.69 Å². The van der Waals surface area contributed by atoms with E-state index in [1.165, 1.54) is 0 Å². The first kappa shape index (κ1) is 16.7. The van der Waals surface area contributed by atoms with Crippen molar-refractivity contribution in [2.75, 3.05) is 26.7 Å². The highest BCUT2D eigenvalue weighted by molar-refractivity contribution is 5.78. The fourth-order valence-electron chi connectivity index (χ4n) is 2.92. The van der Waals surface area contributed by atoms with Crippen LogP contribution in [0.1, 0.15) is 24.4 Å². The summed E-state index contributed by atoms with van der Waals surface area (Å²) in [5, 5.41) is 0. The van der Waals surface area contributed by atoms with E-state index in [9.17, 15) is 4.79 Å². The lowest BCUT2D eigenvalue weighted by molar-refractivity contribution is -0.136. The number of rotatable bonds is 5. The lowest BCUT2D eigenvalue weighted by Gasteiger charge is -2.38. The van der Waals surface area contributed by atoms with Gasteiger partial charge in [0, 0.05) is 19.6 Å². The summed E-state index contributed by atoms with van der Waals surface area (Å²) in [4.78, 5) is 16.4. The Bertz CT molecular complexity index is 642. The second-order valence-corrected chi connectivity index (χ2v) is 6.34. The molecule has 24 heavy (non-hydrogen) atoms. The molecule has 0 saturated carbocycles. The highest BCUT2D eigenvalue weighted by Gasteiger charge is 2.29. The van der Waals surface area contributed by atoms with Crippen molar-refractivity contribution in [1.29, 1.82) is 0 Å². The fourth-order valence-corrected chi connectivity index (χ4v) is 2.92. The quantitative estimate of drug-likeness (QED) is 0.847. The van der Waals surface area contributed by atoms with Gasteiger partial charge in [-0.05, 0) is 24.6 Å². The molecule has 0 unspecified atom stereocenters. The second kappa shape index (κ2) is 7.64. The number of hydrogen-bond acceptors (Lipinski definition) is 4. The molecule has 3 rings (SSSR count). The van der Waals surface area contributed by atoms with Crippen LogP contribution in [0.2, 0.25) is 0 Å². The second-order valence-electron chi connectivity index (χ2n) is 6.34. The van der Waals surface area contributed by atoms with Crippen molar-refractivity contribution in [3.8, 4) is 0 Å². The Hall–Kier alpha value is -2.11. The molecule has 5 heteroatoms. The number of furan rings is 1. The zero-order valence-corrected chi connectivity index (χ0v) is 14.2. The number of nitrogens with zero attached hydrogens (tertiary/aromatic N) is 2. The largest absolute Gasteiger partial charge is 0.467 e. The van der Waals surface area contributed by atoms with Gasteiger partial charge in [-0.1, -0.05) is 30.3 Å². The van der Waals surface area contributed by atoms with Crippen LogP contribution in [0.5, 0.6) is 0 Å². The predicted octanol–water partition coefficient (Wildman–Crippen LogP) is 2.70. The van der Waals surface area contributed by atoms with Crippen LogP contribution in [0.25, 0.3) is 0 Å². The third kappa shape index (κ3) is 4.04. The van der Waals surface area contributed by atoms with E-state index in [4.69, 9.17) is 9.15 Å². The zero-order chi connectivity index (χ0) is 16.9. The molecule has 1 saturated heterocycles. The van der Waals surface area contributed by atoms with Crippen LogP contribution in [0.15, 0.2) is 53.1 Å². The summed E-state index contributed by atoms with van der Waals surface area (Å²) in [5.74, 6) is 0.884. The number of amides is 1. The number of benzene rings is 1. The third-order valence-electron chi connectivity index (χ3n) is 4.47. The van der Waals surface area contributed by atoms with Crippen LogP contribution in [-0.2, 0) is 16.1 Å². The first-order valence-corrected chi connectivity index (χ1v) is 8.30. The van der Waals surface area contributed by atoms with Gasteiger partial charge >= 0.3 is 0 Å². The van der Waals surface area contributed by atoms with Crippen molar-refractivity contribution in [2.45, 2.75) is 25.6 Å². The molecule has 0 bridgehead atoms. The Balaban J connectivity index is 1.59. The molecule has 0 N–H and O–H groups in total. The SMILES string of the molecule is C[C@H]1CO[C@H](c2ccccc2)CN1CC(=O)N(C)Cc1ccco1. The van der Waals surface area contributed by atoms with Gasteiger partial charge in [-0.25, -0.2) is 0 Å². The van der Waals surface area contributed by atoms with Crippen molar-refractivity contribution in [3.05, 3.63) is 60.1 Å². The third-order valence-corrected chi connectivity index (χ3v) is 4.47. The molecule has 1 fully saturated rings. The number of carbonyl (C=O) groups excluding carboxylic acids is 1. The molecule has 2 aromatic rings. The topological polar surface area (TPSA) is 45.9 Å². The molecule has 5 nitrogen and oxygen atoms in total. The molecule has 1 aliphatic heterocycles. The van der Waals surface area contributed by atoms with Gasteiger partial charge < -0.3 is 14.1 Å². The smallest absolute Gasteiger partial charge is 0.236 e. The fraction of sp³-hybridized carbons (Fsp3) is 0.421. The summed E-state index contributed by atoms with van der Waals surface area (Å²) in [5.41, 5.74) is 1.16. The highest BCUT2D eigenvalue weighted by atomic mass is 16.5. The summed E-state index contributed by atoms with van der Waals surface area (Å²) in [7, 11) is 1.81.